The molecule has 0 aromatic rings. The molecule has 0 unspecified atom stereocenters. The van der Waals surface area contributed by atoms with Gasteiger partial charge in [0.25, 0.3) is 0 Å². The van der Waals surface area contributed by atoms with Gasteiger partial charge in [0.2, 0.25) is 0 Å². The lowest BCUT2D eigenvalue weighted by molar-refractivity contribution is -0.222. The molecule has 0 aromatic carbocycles. The summed E-state index contributed by atoms with van der Waals surface area (Å²) in [7, 11) is 0. The van der Waals surface area contributed by atoms with E-state index in [2.05, 4.69) is 0 Å². The van der Waals surface area contributed by atoms with Crippen LogP contribution in [0.15, 0.2) is 0 Å². The monoisotopic (exact) mass is 144 g/mol. The third-order valence-electron chi connectivity index (χ3n) is 1.45. The molecule has 0 saturated carbocycles. The molecule has 0 amide bonds. The van der Waals surface area contributed by atoms with E-state index in [1.165, 1.54) is 0 Å². The van der Waals surface area contributed by atoms with Crippen molar-refractivity contribution in [3.8, 4) is 0 Å². The van der Waals surface area contributed by atoms with Crippen LogP contribution in [-0.4, -0.2) is 24.4 Å². The molecule has 1 aliphatic rings. The predicted octanol–water partition coefficient (Wildman–Crippen LogP) is 1.59. The van der Waals surface area contributed by atoms with Crippen molar-refractivity contribution in [1.82, 2.24) is 0 Å². The minimum atomic E-state index is -0.109. The molecule has 1 saturated heterocycles. The molecule has 1 aliphatic heterocycles. The van der Waals surface area contributed by atoms with Crippen LogP contribution < -0.4 is 0 Å². The molecule has 10 heavy (non-hydrogen) atoms. The van der Waals surface area contributed by atoms with Crippen LogP contribution in [0.1, 0.15) is 27.7 Å². The third-order valence-corrected chi connectivity index (χ3v) is 1.45. The second-order valence-corrected chi connectivity index (χ2v) is 4.11. The normalized spacial score (nSPS) is 30.0. The number of ether oxygens (including phenoxy) is 2. The van der Waals surface area contributed by atoms with Crippen molar-refractivity contribution in [3.05, 3.63) is 0 Å². The van der Waals surface area contributed by atoms with Gasteiger partial charge in [0.1, 0.15) is 0 Å². The number of rotatable bonds is 0. The third kappa shape index (κ3) is 1.96. The van der Waals surface area contributed by atoms with Crippen molar-refractivity contribution < 1.29 is 9.47 Å². The molecule has 1 fully saturated rings. The van der Waals surface area contributed by atoms with Crippen LogP contribution >= 0.6 is 0 Å². The van der Waals surface area contributed by atoms with Crippen molar-refractivity contribution in [2.75, 3.05) is 13.2 Å². The predicted molar refractivity (Wildman–Crippen MR) is 40.1 cm³/mol. The topological polar surface area (TPSA) is 18.5 Å². The van der Waals surface area contributed by atoms with E-state index in [1.54, 1.807) is 0 Å². The molecule has 1 rings (SSSR count). The molecule has 0 radical (unpaired) electrons. The fourth-order valence-electron chi connectivity index (χ4n) is 1.35. The summed E-state index contributed by atoms with van der Waals surface area (Å²) in [6.45, 7) is 9.61. The van der Waals surface area contributed by atoms with Crippen molar-refractivity contribution >= 4 is 0 Å². The summed E-state index contributed by atoms with van der Waals surface area (Å²) >= 11 is 0. The maximum Gasteiger partial charge on any atom is 0.0867 e. The van der Waals surface area contributed by atoms with Gasteiger partial charge in [-0.15, -0.1) is 0 Å². The highest BCUT2D eigenvalue weighted by Gasteiger charge is 2.34. The smallest absolute Gasteiger partial charge is 0.0867 e. The van der Waals surface area contributed by atoms with E-state index in [0.29, 0.717) is 13.2 Å². The molecule has 2 heteroatoms. The fourth-order valence-corrected chi connectivity index (χ4v) is 1.35. The largest absolute Gasteiger partial charge is 0.376 e. The second kappa shape index (κ2) is 2.21. The maximum absolute atomic E-state index is 5.74. The Kier molecular flexibility index (Phi) is 1.77. The van der Waals surface area contributed by atoms with Gasteiger partial charge in [-0.1, -0.05) is 0 Å². The van der Waals surface area contributed by atoms with E-state index in [0.717, 1.165) is 0 Å². The molecule has 0 aromatic heterocycles. The van der Waals surface area contributed by atoms with E-state index >= 15 is 0 Å². The molecule has 1 heterocycles. The summed E-state index contributed by atoms with van der Waals surface area (Å²) in [6.07, 6.45) is 0. The highest BCUT2D eigenvalue weighted by atomic mass is 16.6. The van der Waals surface area contributed by atoms with Gasteiger partial charge < -0.3 is 9.47 Å². The van der Waals surface area contributed by atoms with Gasteiger partial charge in [0, 0.05) is 0 Å². The Labute approximate surface area is 62.5 Å². The average Bonchev–Trinajstić information content (AvgIpc) is 1.56. The first-order chi connectivity index (χ1) is 4.41. The summed E-state index contributed by atoms with van der Waals surface area (Å²) in [5.74, 6) is 0. The van der Waals surface area contributed by atoms with E-state index in [1.807, 2.05) is 27.7 Å². The Morgan fingerprint density at radius 1 is 0.900 bits per heavy atom. The summed E-state index contributed by atoms with van der Waals surface area (Å²) in [5, 5.41) is 0. The summed E-state index contributed by atoms with van der Waals surface area (Å²) in [4.78, 5) is 0. The average molecular weight is 144 g/mol. The molecule has 0 bridgehead atoms. The minimum Gasteiger partial charge on any atom is -0.376 e. The molecular formula is C8H16O2. The number of hydrogen-bond acceptors (Lipinski definition) is 2. The van der Waals surface area contributed by atoms with Gasteiger partial charge in [-0.3, -0.25) is 0 Å². The van der Waals surface area contributed by atoms with Crippen molar-refractivity contribution in [1.29, 1.82) is 0 Å². The lowest BCUT2D eigenvalue weighted by atomic mass is 10.0. The molecule has 0 N–H and O–H groups in total. The molecule has 0 atom stereocenters. The first kappa shape index (κ1) is 8.02. The van der Waals surface area contributed by atoms with Crippen LogP contribution in [0.2, 0.25) is 0 Å². The highest BCUT2D eigenvalue weighted by Crippen LogP contribution is 2.25. The van der Waals surface area contributed by atoms with Gasteiger partial charge in [-0.2, -0.15) is 0 Å². The van der Waals surface area contributed by atoms with Crippen LogP contribution in [0.5, 0.6) is 0 Å². The van der Waals surface area contributed by atoms with E-state index in [9.17, 15) is 0 Å². The zero-order valence-corrected chi connectivity index (χ0v) is 7.23. The Morgan fingerprint density at radius 2 is 1.30 bits per heavy atom. The van der Waals surface area contributed by atoms with Gasteiger partial charge in [0.15, 0.2) is 0 Å². The van der Waals surface area contributed by atoms with Crippen LogP contribution in [0.4, 0.5) is 0 Å². The highest BCUT2D eigenvalue weighted by molar-refractivity contribution is 4.81. The second-order valence-electron chi connectivity index (χ2n) is 4.11. The quantitative estimate of drug-likeness (QED) is 0.514. The van der Waals surface area contributed by atoms with Crippen LogP contribution in [0.25, 0.3) is 0 Å². The first-order valence-corrected chi connectivity index (χ1v) is 3.69. The fraction of sp³-hybridized carbons (Fsp3) is 1.00. The van der Waals surface area contributed by atoms with Crippen LogP contribution in [-0.2, 0) is 9.47 Å². The maximum atomic E-state index is 5.74. The van der Waals surface area contributed by atoms with Crippen molar-refractivity contribution in [3.63, 3.8) is 0 Å². The Balaban J connectivity index is 2.56. The summed E-state index contributed by atoms with van der Waals surface area (Å²) < 4.78 is 11.1. The molecular weight excluding hydrogens is 128 g/mol. The standard InChI is InChI=1S/C8H16O2/c1-7(2)5-9-6-8(3,4)10-7/h5-6H2,1-4H3. The SMILES string of the molecule is CC1(C)COCC(C)(C)O1. The first-order valence-electron chi connectivity index (χ1n) is 3.69. The Hall–Kier alpha value is -0.0800. The summed E-state index contributed by atoms with van der Waals surface area (Å²) in [6, 6.07) is 0. The lowest BCUT2D eigenvalue weighted by Gasteiger charge is -2.40. The minimum absolute atomic E-state index is 0.109. The van der Waals surface area contributed by atoms with Crippen molar-refractivity contribution in [2.45, 2.75) is 38.9 Å². The van der Waals surface area contributed by atoms with Crippen molar-refractivity contribution in [2.24, 2.45) is 0 Å². The van der Waals surface area contributed by atoms with Gasteiger partial charge in [-0.25, -0.2) is 0 Å². The molecule has 0 spiro atoms. The van der Waals surface area contributed by atoms with Gasteiger partial charge in [0.05, 0.1) is 24.4 Å². The molecule has 0 aliphatic carbocycles. The lowest BCUT2D eigenvalue weighted by Crippen LogP contribution is -2.48. The van der Waals surface area contributed by atoms with Gasteiger partial charge >= 0.3 is 0 Å². The van der Waals surface area contributed by atoms with Crippen LogP contribution in [0, 0.1) is 0 Å². The Morgan fingerprint density at radius 3 is 1.50 bits per heavy atom. The van der Waals surface area contributed by atoms with E-state index < -0.39 is 0 Å². The van der Waals surface area contributed by atoms with E-state index in [4.69, 9.17) is 9.47 Å². The van der Waals surface area contributed by atoms with Crippen LogP contribution in [0.3, 0.4) is 0 Å². The molecule has 60 valence electrons. The molecule has 2 nitrogen and oxygen atoms in total. The van der Waals surface area contributed by atoms with E-state index in [-0.39, 0.29) is 11.2 Å². The number of hydrogen-bond donors (Lipinski definition) is 0. The Bertz CT molecular complexity index is 113. The zero-order chi connectivity index (χ0) is 7.83. The zero-order valence-electron chi connectivity index (χ0n) is 7.23. The summed E-state index contributed by atoms with van der Waals surface area (Å²) in [5.41, 5.74) is -0.219. The van der Waals surface area contributed by atoms with Gasteiger partial charge in [-0.05, 0) is 27.7 Å².